The van der Waals surface area contributed by atoms with Crippen LogP contribution < -0.4 is 4.90 Å². The normalized spacial score (nSPS) is 27.0. The van der Waals surface area contributed by atoms with Gasteiger partial charge >= 0.3 is 6.09 Å². The molecule has 3 rings (SSSR count). The molecule has 1 aromatic rings. The van der Waals surface area contributed by atoms with Gasteiger partial charge in [-0.2, -0.15) is 0 Å². The Balaban J connectivity index is 2.07. The summed E-state index contributed by atoms with van der Waals surface area (Å²) in [5, 5.41) is 0. The van der Waals surface area contributed by atoms with E-state index in [0.717, 1.165) is 18.5 Å². The number of rotatable bonds is 0. The van der Waals surface area contributed by atoms with Gasteiger partial charge in [0.1, 0.15) is 5.60 Å². The van der Waals surface area contributed by atoms with E-state index < -0.39 is 5.60 Å². The first-order valence-corrected chi connectivity index (χ1v) is 8.02. The van der Waals surface area contributed by atoms with E-state index in [1.165, 1.54) is 11.1 Å². The van der Waals surface area contributed by atoms with Crippen LogP contribution in [0.5, 0.6) is 0 Å². The molecule has 3 nitrogen and oxygen atoms in total. The van der Waals surface area contributed by atoms with Crippen LogP contribution in [0, 0.1) is 5.92 Å². The molecule has 0 bridgehead atoms. The van der Waals surface area contributed by atoms with Gasteiger partial charge < -0.3 is 4.74 Å². The summed E-state index contributed by atoms with van der Waals surface area (Å²) >= 11 is 0. The van der Waals surface area contributed by atoms with E-state index in [2.05, 4.69) is 26.0 Å². The summed E-state index contributed by atoms with van der Waals surface area (Å²) in [6.07, 6.45) is 3.95. The van der Waals surface area contributed by atoms with Crippen molar-refractivity contribution in [2.45, 2.75) is 58.6 Å². The highest BCUT2D eigenvalue weighted by molar-refractivity contribution is 5.93. The molecule has 0 fully saturated rings. The minimum absolute atomic E-state index is 0.241. The van der Waals surface area contributed by atoms with Crippen LogP contribution in [-0.4, -0.2) is 17.2 Å². The summed E-state index contributed by atoms with van der Waals surface area (Å²) < 4.78 is 5.71. The van der Waals surface area contributed by atoms with E-state index >= 15 is 0 Å². The van der Waals surface area contributed by atoms with E-state index in [9.17, 15) is 4.79 Å². The fraction of sp³-hybridized carbons (Fsp3) is 0.526. The largest absolute Gasteiger partial charge is 0.443 e. The lowest BCUT2D eigenvalue weighted by molar-refractivity contribution is 0.0542. The number of amides is 1. The highest BCUT2D eigenvalue weighted by Gasteiger charge is 2.52. The highest BCUT2D eigenvalue weighted by Crippen LogP contribution is 2.49. The van der Waals surface area contributed by atoms with Crippen molar-refractivity contribution in [3.63, 3.8) is 0 Å². The van der Waals surface area contributed by atoms with Crippen molar-refractivity contribution in [1.82, 2.24) is 0 Å². The minimum Gasteiger partial charge on any atom is -0.443 e. The lowest BCUT2D eigenvalue weighted by Crippen LogP contribution is -2.52. The van der Waals surface area contributed by atoms with Crippen LogP contribution >= 0.6 is 0 Å². The molecule has 0 saturated carbocycles. The van der Waals surface area contributed by atoms with Crippen LogP contribution in [-0.2, 0) is 11.2 Å². The van der Waals surface area contributed by atoms with Gasteiger partial charge in [-0.25, -0.2) is 4.79 Å². The maximum Gasteiger partial charge on any atom is 0.415 e. The van der Waals surface area contributed by atoms with E-state index in [1.807, 2.05) is 43.9 Å². The second kappa shape index (κ2) is 4.87. The Hall–Kier alpha value is -1.77. The number of anilines is 1. The van der Waals surface area contributed by atoms with Crippen LogP contribution in [0.15, 0.2) is 35.9 Å². The number of carbonyl (C=O) groups excluding carboxylic acids is 1. The molecule has 22 heavy (non-hydrogen) atoms. The van der Waals surface area contributed by atoms with Crippen LogP contribution in [0.2, 0.25) is 0 Å². The summed E-state index contributed by atoms with van der Waals surface area (Å²) in [4.78, 5) is 14.8. The average molecular weight is 299 g/mol. The predicted molar refractivity (Wildman–Crippen MR) is 89.1 cm³/mol. The Morgan fingerprint density at radius 2 is 2.00 bits per heavy atom. The zero-order chi connectivity index (χ0) is 16.1. The van der Waals surface area contributed by atoms with Gasteiger partial charge in [0.05, 0.1) is 11.2 Å². The van der Waals surface area contributed by atoms with E-state index in [0.29, 0.717) is 5.92 Å². The Kier molecular flexibility index (Phi) is 3.35. The molecule has 1 heterocycles. The van der Waals surface area contributed by atoms with E-state index in [4.69, 9.17) is 4.74 Å². The zero-order valence-electron chi connectivity index (χ0n) is 14.1. The van der Waals surface area contributed by atoms with Gasteiger partial charge in [0, 0.05) is 6.42 Å². The lowest BCUT2D eigenvalue weighted by atomic mass is 9.85. The van der Waals surface area contributed by atoms with Crippen molar-refractivity contribution < 1.29 is 9.53 Å². The van der Waals surface area contributed by atoms with Gasteiger partial charge in [0.25, 0.3) is 0 Å². The highest BCUT2D eigenvalue weighted by atomic mass is 16.6. The maximum absolute atomic E-state index is 12.9. The van der Waals surface area contributed by atoms with Gasteiger partial charge in [-0.15, -0.1) is 0 Å². The number of fused-ring (bicyclic) bond motifs is 1. The molecule has 0 aromatic heterocycles. The first-order valence-electron chi connectivity index (χ1n) is 8.02. The standard InChI is InChI=1S/C19H25NO2/c1-13-10-14(2)19(11-13)12-15-8-6-7-9-16(15)20(19)17(21)22-18(3,4)5/h6-9,11,14H,10,12H2,1-5H3/t14-,19+/m0/s1. The molecule has 0 N–H and O–H groups in total. The van der Waals surface area contributed by atoms with Crippen molar-refractivity contribution in [2.75, 3.05) is 4.90 Å². The Morgan fingerprint density at radius 3 is 2.59 bits per heavy atom. The third-order valence-electron chi connectivity index (χ3n) is 4.68. The lowest BCUT2D eigenvalue weighted by Gasteiger charge is -2.38. The molecule has 118 valence electrons. The molecule has 0 unspecified atom stereocenters. The number of hydrogen-bond donors (Lipinski definition) is 0. The summed E-state index contributed by atoms with van der Waals surface area (Å²) in [6, 6.07) is 8.19. The Bertz CT molecular complexity index is 641. The van der Waals surface area contributed by atoms with Gasteiger partial charge in [-0.3, -0.25) is 4.90 Å². The van der Waals surface area contributed by atoms with Gasteiger partial charge in [0.2, 0.25) is 0 Å². The smallest absolute Gasteiger partial charge is 0.415 e. The monoisotopic (exact) mass is 299 g/mol. The average Bonchev–Trinajstić information content (AvgIpc) is 2.84. The molecular formula is C19H25NO2. The number of hydrogen-bond acceptors (Lipinski definition) is 2. The van der Waals surface area contributed by atoms with E-state index in [1.54, 1.807) is 0 Å². The van der Waals surface area contributed by atoms with Crippen LogP contribution in [0.3, 0.4) is 0 Å². The zero-order valence-corrected chi connectivity index (χ0v) is 14.1. The topological polar surface area (TPSA) is 29.5 Å². The Labute approximate surface area is 133 Å². The SMILES string of the molecule is CC1=C[C@@]2(Cc3ccccc3N2C(=O)OC(C)(C)C)[C@@H](C)C1. The predicted octanol–water partition coefficient (Wildman–Crippen LogP) is 4.71. The van der Waals surface area contributed by atoms with E-state index in [-0.39, 0.29) is 11.6 Å². The number of para-hydroxylation sites is 1. The molecule has 2 aliphatic rings. The van der Waals surface area contributed by atoms with Crippen molar-refractivity contribution in [2.24, 2.45) is 5.92 Å². The first kappa shape index (κ1) is 15.1. The molecule has 1 aliphatic heterocycles. The quantitative estimate of drug-likeness (QED) is 0.649. The first-order chi connectivity index (χ1) is 10.2. The molecule has 2 atom stereocenters. The van der Waals surface area contributed by atoms with Crippen molar-refractivity contribution in [3.8, 4) is 0 Å². The maximum atomic E-state index is 12.9. The summed E-state index contributed by atoms with van der Waals surface area (Å²) in [7, 11) is 0. The van der Waals surface area contributed by atoms with Crippen molar-refractivity contribution in [3.05, 3.63) is 41.5 Å². The molecule has 0 radical (unpaired) electrons. The van der Waals surface area contributed by atoms with Crippen LogP contribution in [0.1, 0.15) is 46.6 Å². The summed E-state index contributed by atoms with van der Waals surface area (Å²) in [5.41, 5.74) is 2.82. The number of nitrogens with zero attached hydrogens (tertiary/aromatic N) is 1. The summed E-state index contributed by atoms with van der Waals surface area (Å²) in [5.74, 6) is 0.396. The van der Waals surface area contributed by atoms with Crippen LogP contribution in [0.25, 0.3) is 0 Å². The van der Waals surface area contributed by atoms with Gasteiger partial charge in [0.15, 0.2) is 0 Å². The van der Waals surface area contributed by atoms with Crippen LogP contribution in [0.4, 0.5) is 10.5 Å². The second-order valence-electron chi connectivity index (χ2n) is 7.71. The molecule has 1 spiro atoms. The molecule has 0 saturated heterocycles. The van der Waals surface area contributed by atoms with Crippen molar-refractivity contribution in [1.29, 1.82) is 0 Å². The van der Waals surface area contributed by atoms with Gasteiger partial charge in [-0.05, 0) is 51.7 Å². The fourth-order valence-electron chi connectivity index (χ4n) is 3.86. The number of allylic oxidation sites excluding steroid dienone is 1. The molecule has 1 aliphatic carbocycles. The molecule has 3 heteroatoms. The fourth-order valence-corrected chi connectivity index (χ4v) is 3.86. The minimum atomic E-state index is -0.490. The number of benzene rings is 1. The molecule has 1 amide bonds. The number of carbonyl (C=O) groups is 1. The van der Waals surface area contributed by atoms with Crippen molar-refractivity contribution >= 4 is 11.8 Å². The second-order valence-corrected chi connectivity index (χ2v) is 7.71. The third-order valence-corrected chi connectivity index (χ3v) is 4.68. The van der Waals surface area contributed by atoms with Gasteiger partial charge in [-0.1, -0.05) is 36.8 Å². The number of ether oxygens (including phenoxy) is 1. The molecular weight excluding hydrogens is 274 g/mol. The summed E-state index contributed by atoms with van der Waals surface area (Å²) in [6.45, 7) is 10.1. The Morgan fingerprint density at radius 1 is 1.32 bits per heavy atom. The molecule has 1 aromatic carbocycles. The third kappa shape index (κ3) is 2.33.